The Hall–Kier alpha value is -2.18. The van der Waals surface area contributed by atoms with Crippen LogP contribution in [0.25, 0.3) is 0 Å². The van der Waals surface area contributed by atoms with Gasteiger partial charge in [-0.2, -0.15) is 5.26 Å². The van der Waals surface area contributed by atoms with Crippen molar-refractivity contribution < 1.29 is 17.9 Å². The van der Waals surface area contributed by atoms with Crippen molar-refractivity contribution in [3.63, 3.8) is 0 Å². The van der Waals surface area contributed by atoms with E-state index < -0.39 is 10.0 Å². The monoisotopic (exact) mass is 364 g/mol. The molecule has 0 aliphatic carbocycles. The maximum atomic E-state index is 12.5. The summed E-state index contributed by atoms with van der Waals surface area (Å²) in [5.74, 6) is 0.394. The van der Waals surface area contributed by atoms with Gasteiger partial charge in [0.05, 0.1) is 24.9 Å². The van der Waals surface area contributed by atoms with Gasteiger partial charge in [-0.15, -0.1) is 0 Å². The fourth-order valence-corrected chi connectivity index (χ4v) is 3.95. The summed E-state index contributed by atoms with van der Waals surface area (Å²) in [5.41, 5.74) is 0.471. The summed E-state index contributed by atoms with van der Waals surface area (Å²) in [5, 5.41) is 8.74. The van der Waals surface area contributed by atoms with Crippen LogP contribution >= 0.6 is 0 Å². The molecule has 2 fully saturated rings. The van der Waals surface area contributed by atoms with Gasteiger partial charge < -0.3 is 9.64 Å². The van der Waals surface area contributed by atoms with Gasteiger partial charge in [-0.05, 0) is 18.9 Å². The molecule has 2 aliphatic heterocycles. The molecule has 25 heavy (non-hydrogen) atoms. The van der Waals surface area contributed by atoms with Crippen LogP contribution in [0.3, 0.4) is 0 Å². The first-order valence-corrected chi connectivity index (χ1v) is 9.98. The summed E-state index contributed by atoms with van der Waals surface area (Å²) in [6.45, 7) is 1.82. The molecular weight excluding hydrogens is 344 g/mol. The number of likely N-dealkylation sites (tertiary alicyclic amines) is 1. The van der Waals surface area contributed by atoms with Crippen molar-refractivity contribution in [2.45, 2.75) is 18.9 Å². The van der Waals surface area contributed by atoms with E-state index >= 15 is 0 Å². The number of sulfonamides is 1. The smallest absolute Gasteiger partial charge is 0.226 e. The molecule has 134 valence electrons. The van der Waals surface area contributed by atoms with Gasteiger partial charge in [-0.3, -0.25) is 4.79 Å². The van der Waals surface area contributed by atoms with E-state index in [4.69, 9.17) is 10.00 Å². The molecule has 0 unspecified atom stereocenters. The lowest BCUT2D eigenvalue weighted by molar-refractivity contribution is -0.145. The minimum atomic E-state index is -3.17. The molecule has 3 heterocycles. The highest BCUT2D eigenvalue weighted by Gasteiger charge is 2.38. The largest absolute Gasteiger partial charge is 0.471 e. The summed E-state index contributed by atoms with van der Waals surface area (Å²) >= 11 is 0. The molecule has 2 saturated heterocycles. The number of nitriles is 1. The SMILES string of the molecule is CS(=O)(=O)N1CCC(C(=O)N2CC(Oc3ccc(C#N)cn3)C2)CC1. The highest BCUT2D eigenvalue weighted by Crippen LogP contribution is 2.25. The maximum absolute atomic E-state index is 12.5. The van der Waals surface area contributed by atoms with Gasteiger partial charge in [0, 0.05) is 31.3 Å². The quantitative estimate of drug-likeness (QED) is 0.757. The highest BCUT2D eigenvalue weighted by molar-refractivity contribution is 7.88. The zero-order valence-electron chi connectivity index (χ0n) is 14.0. The number of hydrogen-bond acceptors (Lipinski definition) is 6. The van der Waals surface area contributed by atoms with E-state index in [1.165, 1.54) is 16.8 Å². The van der Waals surface area contributed by atoms with Gasteiger partial charge in [0.25, 0.3) is 0 Å². The zero-order valence-corrected chi connectivity index (χ0v) is 14.8. The van der Waals surface area contributed by atoms with Crippen LogP contribution in [-0.2, 0) is 14.8 Å². The molecule has 3 rings (SSSR count). The van der Waals surface area contributed by atoms with Gasteiger partial charge >= 0.3 is 0 Å². The van der Waals surface area contributed by atoms with Gasteiger partial charge in [0.15, 0.2) is 0 Å². The Kier molecular flexibility index (Phi) is 4.92. The average molecular weight is 364 g/mol. The van der Waals surface area contributed by atoms with Crippen molar-refractivity contribution in [2.24, 2.45) is 5.92 Å². The number of piperidine rings is 1. The van der Waals surface area contributed by atoms with Gasteiger partial charge in [-0.1, -0.05) is 0 Å². The van der Waals surface area contributed by atoms with Crippen LogP contribution in [0.5, 0.6) is 5.88 Å². The number of carbonyl (C=O) groups excluding carboxylic acids is 1. The Morgan fingerprint density at radius 1 is 1.32 bits per heavy atom. The van der Waals surface area contributed by atoms with E-state index in [9.17, 15) is 13.2 Å². The van der Waals surface area contributed by atoms with Crippen LogP contribution in [0.1, 0.15) is 18.4 Å². The Morgan fingerprint density at radius 3 is 2.52 bits per heavy atom. The van der Waals surface area contributed by atoms with Crippen LogP contribution in [0.2, 0.25) is 0 Å². The topological polar surface area (TPSA) is 104 Å². The third-order valence-corrected chi connectivity index (χ3v) is 5.89. The number of hydrogen-bond donors (Lipinski definition) is 0. The molecule has 1 aromatic rings. The van der Waals surface area contributed by atoms with E-state index in [2.05, 4.69) is 4.98 Å². The van der Waals surface area contributed by atoms with Crippen LogP contribution in [0.15, 0.2) is 18.3 Å². The van der Waals surface area contributed by atoms with Crippen molar-refractivity contribution >= 4 is 15.9 Å². The van der Waals surface area contributed by atoms with E-state index in [1.54, 1.807) is 17.0 Å². The fraction of sp³-hybridized carbons (Fsp3) is 0.562. The second-order valence-electron chi connectivity index (χ2n) is 6.42. The molecule has 0 bridgehead atoms. The van der Waals surface area contributed by atoms with Crippen LogP contribution in [0, 0.1) is 17.2 Å². The van der Waals surface area contributed by atoms with E-state index in [1.807, 2.05) is 6.07 Å². The van der Waals surface area contributed by atoms with Crippen LogP contribution < -0.4 is 4.74 Å². The number of nitrogens with zero attached hydrogens (tertiary/aromatic N) is 4. The molecule has 0 N–H and O–H groups in total. The molecule has 0 saturated carbocycles. The Labute approximate surface area is 147 Å². The predicted molar refractivity (Wildman–Crippen MR) is 89.1 cm³/mol. The second-order valence-corrected chi connectivity index (χ2v) is 8.40. The summed E-state index contributed by atoms with van der Waals surface area (Å²) in [6, 6.07) is 5.28. The lowest BCUT2D eigenvalue weighted by Gasteiger charge is -2.41. The fourth-order valence-electron chi connectivity index (χ4n) is 3.07. The number of rotatable bonds is 4. The number of amides is 1. The third-order valence-electron chi connectivity index (χ3n) is 4.58. The van der Waals surface area contributed by atoms with Crippen molar-refractivity contribution in [3.8, 4) is 11.9 Å². The van der Waals surface area contributed by atoms with E-state index in [0.29, 0.717) is 50.5 Å². The first-order chi connectivity index (χ1) is 11.9. The normalized spacial score (nSPS) is 19.9. The molecular formula is C16H20N4O4S. The molecule has 0 spiro atoms. The van der Waals surface area contributed by atoms with Gasteiger partial charge in [0.1, 0.15) is 12.2 Å². The summed E-state index contributed by atoms with van der Waals surface area (Å²) in [7, 11) is -3.17. The first kappa shape index (κ1) is 17.6. The lowest BCUT2D eigenvalue weighted by atomic mass is 9.95. The molecule has 2 aliphatic rings. The van der Waals surface area contributed by atoms with E-state index in [0.717, 1.165) is 0 Å². The van der Waals surface area contributed by atoms with Crippen molar-refractivity contribution in [1.29, 1.82) is 5.26 Å². The maximum Gasteiger partial charge on any atom is 0.226 e. The molecule has 1 aromatic heterocycles. The number of carbonyl (C=O) groups is 1. The van der Waals surface area contributed by atoms with Gasteiger partial charge in [0.2, 0.25) is 21.8 Å². The summed E-state index contributed by atoms with van der Waals surface area (Å²) in [4.78, 5) is 18.3. The Morgan fingerprint density at radius 2 is 2.00 bits per heavy atom. The minimum Gasteiger partial charge on any atom is -0.471 e. The number of pyridine rings is 1. The minimum absolute atomic E-state index is 0.0702. The Bertz CT molecular complexity index is 773. The third kappa shape index (κ3) is 4.08. The Balaban J connectivity index is 1.45. The average Bonchev–Trinajstić information content (AvgIpc) is 2.57. The molecule has 1 amide bonds. The van der Waals surface area contributed by atoms with Gasteiger partial charge in [-0.25, -0.2) is 17.7 Å². The molecule has 0 aromatic carbocycles. The second kappa shape index (κ2) is 6.98. The lowest BCUT2D eigenvalue weighted by Crippen LogP contribution is -2.58. The molecule has 9 heteroatoms. The van der Waals surface area contributed by atoms with Crippen LogP contribution in [-0.4, -0.2) is 67.1 Å². The number of aromatic nitrogens is 1. The number of ether oxygens (including phenoxy) is 1. The van der Waals surface area contributed by atoms with Crippen molar-refractivity contribution in [1.82, 2.24) is 14.2 Å². The standard InChI is InChI=1S/C16H20N4O4S/c1-25(22,23)20-6-4-13(5-7-20)16(21)19-10-14(11-19)24-15-3-2-12(8-17)9-18-15/h2-3,9,13-14H,4-7,10-11H2,1H3. The van der Waals surface area contributed by atoms with Crippen molar-refractivity contribution in [3.05, 3.63) is 23.9 Å². The van der Waals surface area contributed by atoms with E-state index in [-0.39, 0.29) is 17.9 Å². The zero-order chi connectivity index (χ0) is 18.0. The molecule has 0 atom stereocenters. The van der Waals surface area contributed by atoms with Crippen LogP contribution in [0.4, 0.5) is 0 Å². The summed E-state index contributed by atoms with van der Waals surface area (Å²) in [6.07, 6.45) is 3.67. The predicted octanol–water partition coefficient (Wildman–Crippen LogP) is 0.214. The first-order valence-electron chi connectivity index (χ1n) is 8.13. The molecule has 8 nitrogen and oxygen atoms in total. The highest BCUT2D eigenvalue weighted by atomic mass is 32.2. The van der Waals surface area contributed by atoms with Crippen molar-refractivity contribution in [2.75, 3.05) is 32.4 Å². The molecule has 0 radical (unpaired) electrons. The summed E-state index contributed by atoms with van der Waals surface area (Å²) < 4.78 is 30.1.